The van der Waals surface area contributed by atoms with Crippen LogP contribution >= 0.6 is 0 Å². The first-order chi connectivity index (χ1) is 8.25. The molecule has 17 heavy (non-hydrogen) atoms. The maximum absolute atomic E-state index is 11.7. The lowest BCUT2D eigenvalue weighted by molar-refractivity contribution is -0.119. The number of carbonyl (C=O) groups excluding carboxylic acids is 1. The van der Waals surface area contributed by atoms with Gasteiger partial charge in [-0.05, 0) is 24.3 Å². The molecule has 0 amide bonds. The Morgan fingerprint density at radius 1 is 1.24 bits per heavy atom. The minimum Gasteiger partial charge on any atom is -0.324 e. The zero-order valence-corrected chi connectivity index (χ0v) is 10.3. The topological polar surface area (TPSA) is 43.1 Å². The van der Waals surface area contributed by atoms with Crippen molar-refractivity contribution in [2.45, 2.75) is 44.6 Å². The SMILES string of the molecule is NC(CCC(=O)CCC1CC1)c1ccccc1. The molecule has 1 fully saturated rings. The Labute approximate surface area is 103 Å². The minimum atomic E-state index is 0.000995. The van der Waals surface area contributed by atoms with E-state index in [9.17, 15) is 4.79 Å². The van der Waals surface area contributed by atoms with Gasteiger partial charge in [0.1, 0.15) is 5.78 Å². The largest absolute Gasteiger partial charge is 0.324 e. The third-order valence-corrected chi connectivity index (χ3v) is 3.49. The van der Waals surface area contributed by atoms with Gasteiger partial charge < -0.3 is 5.73 Å². The third kappa shape index (κ3) is 4.31. The van der Waals surface area contributed by atoms with Gasteiger partial charge in [0.15, 0.2) is 0 Å². The molecule has 1 unspecified atom stereocenters. The molecule has 2 nitrogen and oxygen atoms in total. The fraction of sp³-hybridized carbons (Fsp3) is 0.533. The summed E-state index contributed by atoms with van der Waals surface area (Å²) in [6.45, 7) is 0. The highest BCUT2D eigenvalue weighted by Crippen LogP contribution is 2.33. The van der Waals surface area contributed by atoms with Crippen LogP contribution in [-0.4, -0.2) is 5.78 Å². The molecule has 1 aliphatic carbocycles. The van der Waals surface area contributed by atoms with E-state index >= 15 is 0 Å². The first-order valence-corrected chi connectivity index (χ1v) is 6.58. The van der Waals surface area contributed by atoms with Crippen molar-refractivity contribution in [1.82, 2.24) is 0 Å². The number of hydrogen-bond donors (Lipinski definition) is 1. The second-order valence-electron chi connectivity index (χ2n) is 5.08. The van der Waals surface area contributed by atoms with Crippen LogP contribution in [0.25, 0.3) is 0 Å². The number of ketones is 1. The van der Waals surface area contributed by atoms with Crippen LogP contribution in [0.1, 0.15) is 50.1 Å². The first kappa shape index (κ1) is 12.3. The van der Waals surface area contributed by atoms with Crippen molar-refractivity contribution in [3.63, 3.8) is 0 Å². The summed E-state index contributed by atoms with van der Waals surface area (Å²) in [7, 11) is 0. The molecule has 1 aliphatic rings. The molecule has 2 rings (SSSR count). The molecule has 1 saturated carbocycles. The molecule has 0 saturated heterocycles. The van der Waals surface area contributed by atoms with Gasteiger partial charge in [0.25, 0.3) is 0 Å². The predicted molar refractivity (Wildman–Crippen MR) is 69.6 cm³/mol. The molecular weight excluding hydrogens is 210 g/mol. The average molecular weight is 231 g/mol. The van der Waals surface area contributed by atoms with Crippen LogP contribution in [0.2, 0.25) is 0 Å². The summed E-state index contributed by atoms with van der Waals surface area (Å²) in [6, 6.07) is 10.0. The zero-order chi connectivity index (χ0) is 12.1. The number of benzene rings is 1. The molecule has 0 aromatic heterocycles. The molecule has 2 heteroatoms. The van der Waals surface area contributed by atoms with E-state index in [1.54, 1.807) is 0 Å². The number of rotatable bonds is 7. The summed E-state index contributed by atoms with van der Waals surface area (Å²) >= 11 is 0. The smallest absolute Gasteiger partial charge is 0.132 e. The summed E-state index contributed by atoms with van der Waals surface area (Å²) in [6.07, 6.45) is 5.91. The van der Waals surface area contributed by atoms with Crippen LogP contribution in [0.4, 0.5) is 0 Å². The van der Waals surface area contributed by atoms with Crippen LogP contribution in [-0.2, 0) is 4.79 Å². The van der Waals surface area contributed by atoms with Crippen LogP contribution in [0.15, 0.2) is 30.3 Å². The molecule has 1 atom stereocenters. The van der Waals surface area contributed by atoms with Crippen molar-refractivity contribution < 1.29 is 4.79 Å². The molecule has 0 spiro atoms. The minimum absolute atomic E-state index is 0.000995. The molecule has 2 N–H and O–H groups in total. The Kier molecular flexibility index (Phi) is 4.32. The molecular formula is C15H21NO. The zero-order valence-electron chi connectivity index (χ0n) is 10.3. The maximum Gasteiger partial charge on any atom is 0.132 e. The van der Waals surface area contributed by atoms with Crippen molar-refractivity contribution in [3.8, 4) is 0 Å². The van der Waals surface area contributed by atoms with Gasteiger partial charge >= 0.3 is 0 Å². The van der Waals surface area contributed by atoms with Gasteiger partial charge in [-0.15, -0.1) is 0 Å². The van der Waals surface area contributed by atoms with Gasteiger partial charge in [-0.25, -0.2) is 0 Å². The summed E-state index contributed by atoms with van der Waals surface area (Å²) in [5.74, 6) is 1.23. The molecule has 0 radical (unpaired) electrons. The van der Waals surface area contributed by atoms with Gasteiger partial charge in [0.2, 0.25) is 0 Å². The summed E-state index contributed by atoms with van der Waals surface area (Å²) in [4.78, 5) is 11.7. The molecule has 0 bridgehead atoms. The molecule has 1 aromatic rings. The Hall–Kier alpha value is -1.15. The first-order valence-electron chi connectivity index (χ1n) is 6.58. The lowest BCUT2D eigenvalue weighted by atomic mass is 10.00. The quantitative estimate of drug-likeness (QED) is 0.783. The van der Waals surface area contributed by atoms with E-state index in [0.717, 1.165) is 30.7 Å². The fourth-order valence-corrected chi connectivity index (χ4v) is 2.08. The van der Waals surface area contributed by atoms with Gasteiger partial charge in [-0.1, -0.05) is 43.2 Å². The van der Waals surface area contributed by atoms with Crippen molar-refractivity contribution >= 4 is 5.78 Å². The van der Waals surface area contributed by atoms with E-state index in [0.29, 0.717) is 12.2 Å². The summed E-state index contributed by atoms with van der Waals surface area (Å²) in [5.41, 5.74) is 7.19. The van der Waals surface area contributed by atoms with E-state index < -0.39 is 0 Å². The molecule has 0 heterocycles. The van der Waals surface area contributed by atoms with Gasteiger partial charge in [0, 0.05) is 18.9 Å². The highest BCUT2D eigenvalue weighted by Gasteiger charge is 2.21. The van der Waals surface area contributed by atoms with Gasteiger partial charge in [0.05, 0.1) is 0 Å². The monoisotopic (exact) mass is 231 g/mol. The predicted octanol–water partition coefficient (Wildman–Crippen LogP) is 3.23. The van der Waals surface area contributed by atoms with Crippen molar-refractivity contribution in [3.05, 3.63) is 35.9 Å². The Morgan fingerprint density at radius 3 is 2.59 bits per heavy atom. The Bertz CT molecular complexity index is 356. The van der Waals surface area contributed by atoms with Crippen LogP contribution in [0, 0.1) is 5.92 Å². The standard InChI is InChI=1S/C15H21NO/c16-15(13-4-2-1-3-5-13)11-10-14(17)9-8-12-6-7-12/h1-5,12,15H,6-11,16H2. The van der Waals surface area contributed by atoms with Crippen LogP contribution in [0.3, 0.4) is 0 Å². The average Bonchev–Trinajstić information content (AvgIpc) is 3.18. The number of carbonyl (C=O) groups is 1. The molecule has 0 aliphatic heterocycles. The summed E-state index contributed by atoms with van der Waals surface area (Å²) < 4.78 is 0. The number of hydrogen-bond acceptors (Lipinski definition) is 2. The van der Waals surface area contributed by atoms with Crippen molar-refractivity contribution in [2.24, 2.45) is 11.7 Å². The summed E-state index contributed by atoms with van der Waals surface area (Å²) in [5, 5.41) is 0. The van der Waals surface area contributed by atoms with E-state index in [-0.39, 0.29) is 6.04 Å². The second-order valence-corrected chi connectivity index (χ2v) is 5.08. The van der Waals surface area contributed by atoms with Gasteiger partial charge in [-0.2, -0.15) is 0 Å². The highest BCUT2D eigenvalue weighted by atomic mass is 16.1. The second kappa shape index (κ2) is 5.97. The van der Waals surface area contributed by atoms with E-state index in [1.807, 2.05) is 30.3 Å². The number of nitrogens with two attached hydrogens (primary N) is 1. The Balaban J connectivity index is 1.68. The lowest BCUT2D eigenvalue weighted by Gasteiger charge is -2.11. The van der Waals surface area contributed by atoms with E-state index in [2.05, 4.69) is 0 Å². The molecule has 92 valence electrons. The molecule has 1 aromatic carbocycles. The maximum atomic E-state index is 11.7. The van der Waals surface area contributed by atoms with Crippen LogP contribution in [0.5, 0.6) is 0 Å². The third-order valence-electron chi connectivity index (χ3n) is 3.49. The number of Topliss-reactive ketones (excluding diaryl/α,β-unsaturated/α-hetero) is 1. The van der Waals surface area contributed by atoms with Crippen molar-refractivity contribution in [1.29, 1.82) is 0 Å². The Morgan fingerprint density at radius 2 is 1.94 bits per heavy atom. The van der Waals surface area contributed by atoms with Gasteiger partial charge in [-0.3, -0.25) is 4.79 Å². The normalized spacial score (nSPS) is 16.8. The van der Waals surface area contributed by atoms with E-state index in [1.165, 1.54) is 12.8 Å². The van der Waals surface area contributed by atoms with Crippen molar-refractivity contribution in [2.75, 3.05) is 0 Å². The van der Waals surface area contributed by atoms with Crippen LogP contribution < -0.4 is 5.73 Å². The lowest BCUT2D eigenvalue weighted by Crippen LogP contribution is -2.12. The highest BCUT2D eigenvalue weighted by molar-refractivity contribution is 5.78. The fourth-order valence-electron chi connectivity index (χ4n) is 2.08. The van der Waals surface area contributed by atoms with E-state index in [4.69, 9.17) is 5.73 Å².